The van der Waals surface area contributed by atoms with E-state index in [0.29, 0.717) is 11.8 Å². The minimum absolute atomic E-state index is 0. The van der Waals surface area contributed by atoms with Gasteiger partial charge in [-0.2, -0.15) is 0 Å². The van der Waals surface area contributed by atoms with Crippen LogP contribution in [0.1, 0.15) is 134 Å². The van der Waals surface area contributed by atoms with Gasteiger partial charge in [-0.05, 0) is 30.9 Å². The molecule has 3 aliphatic rings. The quantitative estimate of drug-likeness (QED) is 0.0692. The lowest BCUT2D eigenvalue weighted by molar-refractivity contribution is -0.973. The first-order valence-corrected chi connectivity index (χ1v) is 18.2. The van der Waals surface area contributed by atoms with E-state index in [1.165, 1.54) is 122 Å². The van der Waals surface area contributed by atoms with Crippen molar-refractivity contribution in [3.8, 4) is 5.75 Å². The first-order chi connectivity index (χ1) is 21.0. The van der Waals surface area contributed by atoms with Crippen molar-refractivity contribution in [1.82, 2.24) is 0 Å². The number of aromatic nitrogens is 1. The Morgan fingerprint density at radius 2 is 1.51 bits per heavy atom. The number of hydrogen-bond acceptors (Lipinski definition) is 2. The molecule has 45 heavy (non-hydrogen) atoms. The van der Waals surface area contributed by atoms with Crippen LogP contribution in [-0.2, 0) is 7.05 Å². The van der Waals surface area contributed by atoms with Crippen molar-refractivity contribution in [3.05, 3.63) is 48.7 Å². The maximum absolute atomic E-state index is 12.1. The van der Waals surface area contributed by atoms with Gasteiger partial charge >= 0.3 is 0 Å². The number of rotatable bonds is 21. The van der Waals surface area contributed by atoms with Crippen molar-refractivity contribution in [2.75, 3.05) is 26.7 Å². The molecule has 3 fully saturated rings. The van der Waals surface area contributed by atoms with E-state index < -0.39 is 6.10 Å². The number of unbranched alkanes of at least 4 members (excludes halogenated alkanes) is 15. The van der Waals surface area contributed by atoms with Gasteiger partial charge in [0.1, 0.15) is 24.9 Å². The predicted octanol–water partition coefficient (Wildman–Crippen LogP) is 3.39. The third-order valence-electron chi connectivity index (χ3n) is 11.2. The van der Waals surface area contributed by atoms with E-state index in [9.17, 15) is 5.11 Å². The highest BCUT2D eigenvalue weighted by Crippen LogP contribution is 2.47. The summed E-state index contributed by atoms with van der Waals surface area (Å²) in [5.41, 5.74) is 2.20. The molecule has 4 heterocycles. The monoisotopic (exact) mass is 798 g/mol. The Hall–Kier alpha value is -0.700. The molecule has 4 nitrogen and oxygen atoms in total. The second kappa shape index (κ2) is 21.3. The number of methoxy groups -OCH3 is 1. The summed E-state index contributed by atoms with van der Waals surface area (Å²) in [6.45, 7) is 10.1. The van der Waals surface area contributed by atoms with Gasteiger partial charge in [-0.3, -0.25) is 0 Å². The molecule has 0 aliphatic carbocycles. The summed E-state index contributed by atoms with van der Waals surface area (Å²) in [5.74, 6) is 2.09. The van der Waals surface area contributed by atoms with Gasteiger partial charge in [0.2, 0.25) is 5.52 Å². The van der Waals surface area contributed by atoms with E-state index in [4.69, 9.17) is 4.74 Å². The smallest absolute Gasteiger partial charge is 0.212 e. The van der Waals surface area contributed by atoms with Crippen LogP contribution in [0.3, 0.4) is 0 Å². The average molecular weight is 800 g/mol. The van der Waals surface area contributed by atoms with Crippen molar-refractivity contribution in [3.63, 3.8) is 0 Å². The predicted molar refractivity (Wildman–Crippen MR) is 181 cm³/mol. The van der Waals surface area contributed by atoms with E-state index in [2.05, 4.69) is 55.6 Å². The number of pyridine rings is 1. The number of quaternary nitrogens is 1. The van der Waals surface area contributed by atoms with E-state index in [1.54, 1.807) is 7.11 Å². The molecule has 0 spiro atoms. The molecule has 2 bridgehead atoms. The normalized spacial score (nSPS) is 22.9. The summed E-state index contributed by atoms with van der Waals surface area (Å²) in [6.07, 6.45) is 28.7. The molecule has 5 rings (SSSR count). The highest BCUT2D eigenvalue weighted by molar-refractivity contribution is 5.81. The maximum Gasteiger partial charge on any atom is 0.212 e. The number of benzene rings is 1. The lowest BCUT2D eigenvalue weighted by Gasteiger charge is -2.58. The number of nitrogens with zero attached hydrogens (tertiary/aromatic N) is 2. The second-order valence-electron chi connectivity index (χ2n) is 14.1. The number of halogens is 2. The molecule has 2 aromatic rings. The number of aliphatic hydroxyl groups excluding tert-OH is 1. The minimum Gasteiger partial charge on any atom is -1.00 e. The van der Waals surface area contributed by atoms with Gasteiger partial charge < -0.3 is 55.3 Å². The minimum atomic E-state index is -0.467. The second-order valence-corrected chi connectivity index (χ2v) is 14.1. The number of aliphatic hydroxyl groups is 1. The van der Waals surface area contributed by atoms with Crippen LogP contribution in [0.4, 0.5) is 0 Å². The van der Waals surface area contributed by atoms with Crippen molar-refractivity contribution in [2.45, 2.75) is 135 Å². The molecule has 3 saturated heterocycles. The Kier molecular flexibility index (Phi) is 19.2. The van der Waals surface area contributed by atoms with Crippen LogP contribution >= 0.6 is 0 Å². The van der Waals surface area contributed by atoms with Crippen molar-refractivity contribution in [2.24, 2.45) is 18.9 Å². The molecule has 3 unspecified atom stereocenters. The summed E-state index contributed by atoms with van der Waals surface area (Å²) < 4.78 is 8.79. The Bertz CT molecular complexity index is 1130. The Morgan fingerprint density at radius 1 is 0.933 bits per heavy atom. The number of ether oxygens (including phenoxy) is 1. The van der Waals surface area contributed by atoms with Gasteiger partial charge in [0.15, 0.2) is 6.20 Å². The molecular formula is C39H64BrIN2O2. The Balaban J connectivity index is 0.00000353. The SMILES string of the molecule is C=CC1C[N+]2(CCCCCCCCCCCCCCCCCC)CCC1C[C@H]2[C@@H](O)c1cc[n+](C)c2ccc(OC)cc12.[Br-].[I-]. The standard InChI is InChI=1S/C39H64N2O2.BrH.HI/c1-5-7-8-9-10-11-12-13-14-15-16-17-18-19-20-21-27-41-28-25-33(32(6-2)31-41)29-38(41)39(42)35-24-26-40(3)37-23-22-34(43-4)30-36(35)37;;/h6,22-24,26,30,32-33,38-39,42H,2,5,7-21,25,27-29,31H2,1,3-4H3;2*1H/q+2;;/p-2/t32?,33?,38-,39-,41?;;/m0../s1. The van der Waals surface area contributed by atoms with Crippen molar-refractivity contribution in [1.29, 1.82) is 0 Å². The molecule has 0 amide bonds. The highest BCUT2D eigenvalue weighted by atomic mass is 127. The van der Waals surface area contributed by atoms with Crippen molar-refractivity contribution < 1.29 is 59.9 Å². The van der Waals surface area contributed by atoms with Crippen LogP contribution in [0.2, 0.25) is 0 Å². The van der Waals surface area contributed by atoms with Crippen LogP contribution in [0.5, 0.6) is 5.75 Å². The maximum atomic E-state index is 12.1. The fourth-order valence-corrected chi connectivity index (χ4v) is 8.47. The largest absolute Gasteiger partial charge is 1.00 e. The summed E-state index contributed by atoms with van der Waals surface area (Å²) in [4.78, 5) is 0. The molecular weight excluding hydrogens is 735 g/mol. The number of aryl methyl sites for hydroxylation is 1. The lowest BCUT2D eigenvalue weighted by atomic mass is 9.71. The number of piperidine rings is 3. The van der Waals surface area contributed by atoms with Crippen LogP contribution in [0.15, 0.2) is 43.1 Å². The van der Waals surface area contributed by atoms with E-state index in [1.807, 2.05) is 6.07 Å². The van der Waals surface area contributed by atoms with Gasteiger partial charge in [0, 0.05) is 36.5 Å². The van der Waals surface area contributed by atoms with Gasteiger partial charge in [0.25, 0.3) is 0 Å². The summed E-state index contributed by atoms with van der Waals surface area (Å²) in [7, 11) is 3.80. The molecule has 0 radical (unpaired) electrons. The summed E-state index contributed by atoms with van der Waals surface area (Å²) >= 11 is 0. The fourth-order valence-electron chi connectivity index (χ4n) is 8.47. The third kappa shape index (κ3) is 11.2. The van der Waals surface area contributed by atoms with Gasteiger partial charge in [-0.25, -0.2) is 4.57 Å². The fraction of sp³-hybridized carbons (Fsp3) is 0.718. The topological polar surface area (TPSA) is 33.3 Å². The lowest BCUT2D eigenvalue weighted by Crippen LogP contribution is -3.00. The zero-order valence-electron chi connectivity index (χ0n) is 28.8. The molecule has 6 heteroatoms. The molecule has 5 atom stereocenters. The molecule has 1 aromatic heterocycles. The summed E-state index contributed by atoms with van der Waals surface area (Å²) in [6, 6.07) is 8.65. The molecule has 1 N–H and O–H groups in total. The molecule has 256 valence electrons. The average Bonchev–Trinajstić information content (AvgIpc) is 3.04. The Morgan fingerprint density at radius 3 is 2.07 bits per heavy atom. The van der Waals surface area contributed by atoms with E-state index in [-0.39, 0.29) is 47.0 Å². The van der Waals surface area contributed by atoms with Gasteiger partial charge in [-0.15, -0.1) is 6.58 Å². The molecule has 3 aliphatic heterocycles. The zero-order chi connectivity index (χ0) is 30.5. The molecule has 0 saturated carbocycles. The Labute approximate surface area is 303 Å². The van der Waals surface area contributed by atoms with Crippen LogP contribution in [0, 0.1) is 11.8 Å². The van der Waals surface area contributed by atoms with Gasteiger partial charge in [0.05, 0.1) is 32.1 Å². The van der Waals surface area contributed by atoms with Crippen LogP contribution < -0.4 is 50.3 Å². The number of hydrogen-bond donors (Lipinski definition) is 1. The van der Waals surface area contributed by atoms with Crippen LogP contribution in [0.25, 0.3) is 10.9 Å². The first kappa shape index (κ1) is 40.5. The zero-order valence-corrected chi connectivity index (χ0v) is 32.6. The van der Waals surface area contributed by atoms with E-state index >= 15 is 0 Å². The van der Waals surface area contributed by atoms with Crippen molar-refractivity contribution >= 4 is 10.9 Å². The first-order valence-electron chi connectivity index (χ1n) is 18.2. The highest BCUT2D eigenvalue weighted by Gasteiger charge is 2.53. The van der Waals surface area contributed by atoms with E-state index in [0.717, 1.165) is 39.7 Å². The van der Waals surface area contributed by atoms with Crippen LogP contribution in [-0.4, -0.2) is 42.4 Å². The van der Waals surface area contributed by atoms with Gasteiger partial charge in [-0.1, -0.05) is 103 Å². The third-order valence-corrected chi connectivity index (χ3v) is 11.2. The molecule has 1 aromatic carbocycles. The summed E-state index contributed by atoms with van der Waals surface area (Å²) in [5, 5.41) is 13.2. The number of fused-ring (bicyclic) bond motifs is 4.